The molecule has 2 fully saturated rings. The largest absolute Gasteiger partial charge is 0.205 e. The van der Waals surface area contributed by atoms with E-state index in [1.54, 1.807) is 12.1 Å². The van der Waals surface area contributed by atoms with Crippen molar-refractivity contribution in [2.24, 2.45) is 17.8 Å². The lowest BCUT2D eigenvalue weighted by atomic mass is 9.63. The highest BCUT2D eigenvalue weighted by Crippen LogP contribution is 2.48. The van der Waals surface area contributed by atoms with E-state index in [0.717, 1.165) is 28.5 Å². The molecule has 2 aromatic carbocycles. The van der Waals surface area contributed by atoms with Gasteiger partial charge in [0.15, 0.2) is 0 Å². The van der Waals surface area contributed by atoms with Gasteiger partial charge in [0.1, 0.15) is 5.82 Å². The monoisotopic (exact) mass is 344 g/mol. The standard InChI is InChI=1S/C22H26ClF/c1-2-14-3-4-16-10-17(6-5-15(16)9-14)18-7-8-19-12-21(23)22(24)13-20(19)11-18/h7-8,11-17H,2-6,9-10H2,1H3. The van der Waals surface area contributed by atoms with Crippen LogP contribution in [-0.2, 0) is 0 Å². The quantitative estimate of drug-likeness (QED) is 0.534. The molecule has 128 valence electrons. The number of benzene rings is 2. The molecular formula is C22H26ClF. The summed E-state index contributed by atoms with van der Waals surface area (Å²) in [6.07, 6.45) is 9.63. The first-order valence-corrected chi connectivity index (χ1v) is 9.90. The normalized spacial score (nSPS) is 30.3. The molecule has 0 spiro atoms. The summed E-state index contributed by atoms with van der Waals surface area (Å²) >= 11 is 5.90. The van der Waals surface area contributed by atoms with Crippen LogP contribution in [0.1, 0.15) is 63.4 Å². The van der Waals surface area contributed by atoms with Crippen molar-refractivity contribution in [3.63, 3.8) is 0 Å². The van der Waals surface area contributed by atoms with Crippen molar-refractivity contribution >= 4 is 22.4 Å². The molecule has 2 aromatic rings. The maximum Gasteiger partial charge on any atom is 0.142 e. The Morgan fingerprint density at radius 2 is 1.75 bits per heavy atom. The molecule has 0 radical (unpaired) electrons. The fourth-order valence-corrected chi connectivity index (χ4v) is 5.35. The van der Waals surface area contributed by atoms with Crippen molar-refractivity contribution in [3.8, 4) is 0 Å². The lowest BCUT2D eigenvalue weighted by molar-refractivity contribution is 0.116. The molecule has 4 unspecified atom stereocenters. The fraction of sp³-hybridized carbons (Fsp3) is 0.545. The smallest absolute Gasteiger partial charge is 0.142 e. The van der Waals surface area contributed by atoms with Gasteiger partial charge < -0.3 is 0 Å². The predicted molar refractivity (Wildman–Crippen MR) is 100 cm³/mol. The van der Waals surface area contributed by atoms with Crippen LogP contribution in [0.4, 0.5) is 4.39 Å². The average Bonchev–Trinajstić information content (AvgIpc) is 2.61. The fourth-order valence-electron chi connectivity index (χ4n) is 5.17. The lowest BCUT2D eigenvalue weighted by Gasteiger charge is -2.42. The number of halogens is 2. The molecule has 24 heavy (non-hydrogen) atoms. The Balaban J connectivity index is 1.54. The Morgan fingerprint density at radius 3 is 2.58 bits per heavy atom. The molecule has 2 saturated carbocycles. The van der Waals surface area contributed by atoms with Gasteiger partial charge in [0.2, 0.25) is 0 Å². The molecule has 2 aliphatic rings. The van der Waals surface area contributed by atoms with Crippen LogP contribution in [0.5, 0.6) is 0 Å². The summed E-state index contributed by atoms with van der Waals surface area (Å²) in [6, 6.07) is 9.85. The van der Waals surface area contributed by atoms with Crippen molar-refractivity contribution in [2.45, 2.75) is 57.8 Å². The zero-order valence-corrected chi connectivity index (χ0v) is 15.2. The van der Waals surface area contributed by atoms with E-state index in [4.69, 9.17) is 11.6 Å². The summed E-state index contributed by atoms with van der Waals surface area (Å²) in [6.45, 7) is 2.34. The van der Waals surface area contributed by atoms with E-state index in [9.17, 15) is 4.39 Å². The van der Waals surface area contributed by atoms with E-state index in [1.807, 2.05) is 0 Å². The van der Waals surface area contributed by atoms with Crippen molar-refractivity contribution in [1.82, 2.24) is 0 Å². The van der Waals surface area contributed by atoms with Gasteiger partial charge in [-0.05, 0) is 84.2 Å². The second kappa shape index (κ2) is 6.67. The molecule has 0 bridgehead atoms. The van der Waals surface area contributed by atoms with Gasteiger partial charge in [-0.25, -0.2) is 4.39 Å². The van der Waals surface area contributed by atoms with Crippen LogP contribution in [0, 0.1) is 23.6 Å². The zero-order valence-electron chi connectivity index (χ0n) is 14.4. The molecule has 0 aliphatic heterocycles. The Labute approximate surface area is 149 Å². The molecular weight excluding hydrogens is 319 g/mol. The summed E-state index contributed by atoms with van der Waals surface area (Å²) in [5.41, 5.74) is 1.39. The van der Waals surface area contributed by atoms with Gasteiger partial charge in [0, 0.05) is 0 Å². The lowest BCUT2D eigenvalue weighted by Crippen LogP contribution is -2.30. The van der Waals surface area contributed by atoms with Crippen LogP contribution in [-0.4, -0.2) is 0 Å². The number of fused-ring (bicyclic) bond motifs is 2. The van der Waals surface area contributed by atoms with E-state index < -0.39 is 0 Å². The minimum absolute atomic E-state index is 0.212. The highest BCUT2D eigenvalue weighted by Gasteiger charge is 2.35. The average molecular weight is 345 g/mol. The van der Waals surface area contributed by atoms with Crippen LogP contribution in [0.2, 0.25) is 5.02 Å². The van der Waals surface area contributed by atoms with Gasteiger partial charge in [0.05, 0.1) is 5.02 Å². The van der Waals surface area contributed by atoms with Crippen LogP contribution in [0.15, 0.2) is 30.3 Å². The molecule has 0 aromatic heterocycles. The van der Waals surface area contributed by atoms with Crippen molar-refractivity contribution < 1.29 is 4.39 Å². The molecule has 4 atom stereocenters. The Bertz CT molecular complexity index is 738. The molecule has 0 heterocycles. The van der Waals surface area contributed by atoms with E-state index >= 15 is 0 Å². The number of rotatable bonds is 2. The first-order chi connectivity index (χ1) is 11.6. The Hall–Kier alpha value is -1.08. The second-order valence-corrected chi connectivity index (χ2v) is 8.40. The summed E-state index contributed by atoms with van der Waals surface area (Å²) in [7, 11) is 0. The third kappa shape index (κ3) is 3.08. The molecule has 0 amide bonds. The minimum atomic E-state index is -0.317. The van der Waals surface area contributed by atoms with E-state index in [2.05, 4.69) is 25.1 Å². The third-order valence-corrected chi connectivity index (χ3v) is 6.96. The van der Waals surface area contributed by atoms with Gasteiger partial charge in [-0.15, -0.1) is 0 Å². The van der Waals surface area contributed by atoms with Crippen molar-refractivity contribution in [2.75, 3.05) is 0 Å². The van der Waals surface area contributed by atoms with Gasteiger partial charge in [-0.1, -0.05) is 49.6 Å². The molecule has 0 N–H and O–H groups in total. The highest BCUT2D eigenvalue weighted by molar-refractivity contribution is 6.31. The second-order valence-electron chi connectivity index (χ2n) is 7.99. The van der Waals surface area contributed by atoms with Crippen LogP contribution in [0.25, 0.3) is 10.8 Å². The summed E-state index contributed by atoms with van der Waals surface area (Å²) < 4.78 is 13.8. The van der Waals surface area contributed by atoms with Crippen molar-refractivity contribution in [3.05, 3.63) is 46.7 Å². The first-order valence-electron chi connectivity index (χ1n) is 9.52. The van der Waals surface area contributed by atoms with Gasteiger partial charge in [-0.3, -0.25) is 0 Å². The van der Waals surface area contributed by atoms with Crippen LogP contribution < -0.4 is 0 Å². The molecule has 4 rings (SSSR count). The molecule has 2 heteroatoms. The SMILES string of the molecule is CCC1CCC2CC(c3ccc4cc(Cl)c(F)cc4c3)CCC2C1. The van der Waals surface area contributed by atoms with Crippen molar-refractivity contribution in [1.29, 1.82) is 0 Å². The predicted octanol–water partition coefficient (Wildman–Crippen LogP) is 7.34. The van der Waals surface area contributed by atoms with Crippen LogP contribution >= 0.6 is 11.6 Å². The van der Waals surface area contributed by atoms with E-state index in [1.165, 1.54) is 50.5 Å². The Kier molecular flexibility index (Phi) is 4.56. The third-order valence-electron chi connectivity index (χ3n) is 6.67. The summed E-state index contributed by atoms with van der Waals surface area (Å²) in [5, 5.41) is 2.22. The van der Waals surface area contributed by atoms with Gasteiger partial charge in [-0.2, -0.15) is 0 Å². The van der Waals surface area contributed by atoms with E-state index in [-0.39, 0.29) is 10.8 Å². The maximum absolute atomic E-state index is 13.8. The minimum Gasteiger partial charge on any atom is -0.205 e. The molecule has 2 aliphatic carbocycles. The first kappa shape index (κ1) is 16.4. The highest BCUT2D eigenvalue weighted by atomic mass is 35.5. The number of hydrogen-bond donors (Lipinski definition) is 0. The Morgan fingerprint density at radius 1 is 0.958 bits per heavy atom. The molecule has 0 nitrogen and oxygen atoms in total. The van der Waals surface area contributed by atoms with E-state index in [0.29, 0.717) is 5.92 Å². The summed E-state index contributed by atoms with van der Waals surface area (Å²) in [4.78, 5) is 0. The topological polar surface area (TPSA) is 0 Å². The maximum atomic E-state index is 13.8. The van der Waals surface area contributed by atoms with Crippen LogP contribution in [0.3, 0.4) is 0 Å². The summed E-state index contributed by atoms with van der Waals surface area (Å²) in [5.74, 6) is 3.16. The van der Waals surface area contributed by atoms with Gasteiger partial charge in [0.25, 0.3) is 0 Å². The molecule has 0 saturated heterocycles. The van der Waals surface area contributed by atoms with Gasteiger partial charge >= 0.3 is 0 Å². The zero-order chi connectivity index (χ0) is 16.7. The number of hydrogen-bond acceptors (Lipinski definition) is 0.